The highest BCUT2D eigenvalue weighted by atomic mass is 35.5. The number of halogens is 1. The van der Waals surface area contributed by atoms with Crippen molar-refractivity contribution in [1.82, 2.24) is 4.90 Å². The summed E-state index contributed by atoms with van der Waals surface area (Å²) in [6.45, 7) is 4.18. The van der Waals surface area contributed by atoms with Gasteiger partial charge in [-0.3, -0.25) is 9.59 Å². The molecule has 3 aromatic carbocycles. The van der Waals surface area contributed by atoms with Gasteiger partial charge in [-0.1, -0.05) is 61.0 Å². The Morgan fingerprint density at radius 1 is 0.970 bits per heavy atom. The van der Waals surface area contributed by atoms with Gasteiger partial charge < -0.3 is 15.1 Å². The smallest absolute Gasteiger partial charge is 0.256 e. The van der Waals surface area contributed by atoms with Crippen LogP contribution in [0, 0.1) is 0 Å². The van der Waals surface area contributed by atoms with E-state index in [1.54, 1.807) is 12.1 Å². The highest BCUT2D eigenvalue weighted by Gasteiger charge is 2.26. The largest absolute Gasteiger partial charge is 0.377 e. The van der Waals surface area contributed by atoms with Crippen molar-refractivity contribution < 1.29 is 9.59 Å². The third-order valence-corrected chi connectivity index (χ3v) is 5.95. The Morgan fingerprint density at radius 3 is 2.27 bits per heavy atom. The zero-order valence-corrected chi connectivity index (χ0v) is 20.3. The van der Waals surface area contributed by atoms with Crippen molar-refractivity contribution in [2.45, 2.75) is 32.9 Å². The van der Waals surface area contributed by atoms with Gasteiger partial charge in [0.1, 0.15) is 0 Å². The molecule has 172 valence electrons. The standard InChI is InChI=1S/C27H30ClN3O2/c1-5-26(32)29-22-15-16-25(30(3)4)21(17-22)18-31(19(2)20-11-7-6-8-12-20)27(33)23-13-9-10-14-24(23)28/h6-17,19H,5,18H2,1-4H3,(H,29,32)/t19-/m0/s1. The van der Waals surface area contributed by atoms with Crippen molar-refractivity contribution in [3.05, 3.63) is 94.5 Å². The van der Waals surface area contributed by atoms with E-state index < -0.39 is 0 Å². The van der Waals surface area contributed by atoms with Crippen LogP contribution in [0.25, 0.3) is 0 Å². The van der Waals surface area contributed by atoms with Gasteiger partial charge in [-0.15, -0.1) is 0 Å². The van der Waals surface area contributed by atoms with Gasteiger partial charge in [0.05, 0.1) is 16.6 Å². The summed E-state index contributed by atoms with van der Waals surface area (Å²) in [6.07, 6.45) is 0.396. The van der Waals surface area contributed by atoms with E-state index in [-0.39, 0.29) is 17.9 Å². The minimum Gasteiger partial charge on any atom is -0.377 e. The van der Waals surface area contributed by atoms with E-state index in [4.69, 9.17) is 11.6 Å². The fraction of sp³-hybridized carbons (Fsp3) is 0.259. The Bertz CT molecular complexity index is 1120. The van der Waals surface area contributed by atoms with Crippen LogP contribution in [0.5, 0.6) is 0 Å². The Labute approximate surface area is 201 Å². The molecule has 0 bridgehead atoms. The maximum Gasteiger partial charge on any atom is 0.256 e. The maximum atomic E-state index is 13.7. The van der Waals surface area contributed by atoms with Crippen molar-refractivity contribution in [2.24, 2.45) is 0 Å². The summed E-state index contributed by atoms with van der Waals surface area (Å²) in [5.74, 6) is -0.204. The maximum absolute atomic E-state index is 13.7. The number of carbonyl (C=O) groups is 2. The van der Waals surface area contributed by atoms with Crippen molar-refractivity contribution in [1.29, 1.82) is 0 Å². The van der Waals surface area contributed by atoms with Crippen LogP contribution in [0.2, 0.25) is 5.02 Å². The molecule has 5 nitrogen and oxygen atoms in total. The third-order valence-electron chi connectivity index (χ3n) is 5.62. The van der Waals surface area contributed by atoms with Gasteiger partial charge in [-0.05, 0) is 48.4 Å². The first-order valence-corrected chi connectivity index (χ1v) is 11.4. The molecule has 0 saturated carbocycles. The molecule has 0 saturated heterocycles. The second-order valence-corrected chi connectivity index (χ2v) is 8.55. The molecule has 0 aliphatic carbocycles. The van der Waals surface area contributed by atoms with Crippen LogP contribution in [-0.2, 0) is 11.3 Å². The quantitative estimate of drug-likeness (QED) is 0.435. The van der Waals surface area contributed by atoms with Crippen molar-refractivity contribution in [2.75, 3.05) is 24.3 Å². The Hall–Kier alpha value is -3.31. The highest BCUT2D eigenvalue weighted by molar-refractivity contribution is 6.33. The third kappa shape index (κ3) is 5.93. The Morgan fingerprint density at radius 2 is 1.64 bits per heavy atom. The van der Waals surface area contributed by atoms with Gasteiger partial charge in [0.2, 0.25) is 5.91 Å². The lowest BCUT2D eigenvalue weighted by molar-refractivity contribution is -0.115. The van der Waals surface area contributed by atoms with Crippen molar-refractivity contribution >= 4 is 34.8 Å². The number of amides is 2. The number of hydrogen-bond donors (Lipinski definition) is 1. The van der Waals surface area contributed by atoms with Gasteiger partial charge in [0, 0.05) is 38.4 Å². The van der Waals surface area contributed by atoms with Gasteiger partial charge in [-0.2, -0.15) is 0 Å². The summed E-state index contributed by atoms with van der Waals surface area (Å²) in [5, 5.41) is 3.34. The fourth-order valence-electron chi connectivity index (χ4n) is 3.74. The molecule has 1 atom stereocenters. The van der Waals surface area contributed by atoms with Crippen LogP contribution in [0.15, 0.2) is 72.8 Å². The van der Waals surface area contributed by atoms with E-state index >= 15 is 0 Å². The fourth-order valence-corrected chi connectivity index (χ4v) is 3.96. The molecule has 2 amide bonds. The van der Waals surface area contributed by atoms with Gasteiger partial charge in [0.15, 0.2) is 0 Å². The molecule has 0 aliphatic rings. The second kappa shape index (κ2) is 11.0. The van der Waals surface area contributed by atoms with Crippen molar-refractivity contribution in [3.63, 3.8) is 0 Å². The molecule has 3 rings (SSSR count). The number of rotatable bonds is 8. The second-order valence-electron chi connectivity index (χ2n) is 8.14. The van der Waals surface area contributed by atoms with E-state index in [0.29, 0.717) is 29.2 Å². The predicted octanol–water partition coefficient (Wildman–Crippen LogP) is 6.16. The molecule has 0 aromatic heterocycles. The number of benzene rings is 3. The molecule has 1 N–H and O–H groups in total. The highest BCUT2D eigenvalue weighted by Crippen LogP contribution is 2.31. The summed E-state index contributed by atoms with van der Waals surface area (Å²) in [5.41, 5.74) is 4.10. The number of hydrogen-bond acceptors (Lipinski definition) is 3. The molecular weight excluding hydrogens is 434 g/mol. The van der Waals surface area contributed by atoms with E-state index in [1.165, 1.54) is 0 Å². The van der Waals surface area contributed by atoms with Crippen LogP contribution in [-0.4, -0.2) is 30.8 Å². The molecule has 0 unspecified atom stereocenters. The van der Waals surface area contributed by atoms with Crippen molar-refractivity contribution in [3.8, 4) is 0 Å². The number of carbonyl (C=O) groups excluding carboxylic acids is 2. The summed E-state index contributed by atoms with van der Waals surface area (Å²) < 4.78 is 0. The number of nitrogens with zero attached hydrogens (tertiary/aromatic N) is 2. The van der Waals surface area contributed by atoms with Crippen LogP contribution < -0.4 is 10.2 Å². The normalized spacial score (nSPS) is 11.5. The lowest BCUT2D eigenvalue weighted by Gasteiger charge is -2.32. The molecule has 0 aliphatic heterocycles. The SMILES string of the molecule is CCC(=O)Nc1ccc(N(C)C)c(CN(C(=O)c2ccccc2Cl)[C@@H](C)c2ccccc2)c1. The molecule has 33 heavy (non-hydrogen) atoms. The van der Waals surface area contributed by atoms with Crippen LogP contribution in [0.3, 0.4) is 0 Å². The zero-order valence-electron chi connectivity index (χ0n) is 19.5. The Balaban J connectivity index is 2.06. The topological polar surface area (TPSA) is 52.7 Å². The molecular formula is C27H30ClN3O2. The first kappa shape index (κ1) is 24.3. The van der Waals surface area contributed by atoms with E-state index in [1.807, 2.05) is 98.4 Å². The molecule has 0 heterocycles. The van der Waals surface area contributed by atoms with E-state index in [9.17, 15) is 9.59 Å². The zero-order chi connectivity index (χ0) is 24.0. The minimum absolute atomic E-state index is 0.0554. The summed E-state index contributed by atoms with van der Waals surface area (Å²) in [6, 6.07) is 22.6. The summed E-state index contributed by atoms with van der Waals surface area (Å²) in [7, 11) is 3.92. The average molecular weight is 464 g/mol. The molecule has 0 spiro atoms. The Kier molecular flexibility index (Phi) is 8.12. The number of anilines is 2. The molecule has 6 heteroatoms. The number of nitrogens with one attached hydrogen (secondary N) is 1. The summed E-state index contributed by atoms with van der Waals surface area (Å²) >= 11 is 6.39. The van der Waals surface area contributed by atoms with Crippen LogP contribution in [0.1, 0.15) is 47.8 Å². The lowest BCUT2D eigenvalue weighted by atomic mass is 10.0. The molecule has 0 radical (unpaired) electrons. The van der Waals surface area contributed by atoms with Gasteiger partial charge in [0.25, 0.3) is 5.91 Å². The first-order valence-electron chi connectivity index (χ1n) is 11.0. The van der Waals surface area contributed by atoms with Gasteiger partial charge in [-0.25, -0.2) is 0 Å². The first-order chi connectivity index (χ1) is 15.8. The van der Waals surface area contributed by atoms with Crippen LogP contribution in [0.4, 0.5) is 11.4 Å². The van der Waals surface area contributed by atoms with Crippen LogP contribution >= 0.6 is 11.6 Å². The molecule has 3 aromatic rings. The lowest BCUT2D eigenvalue weighted by Crippen LogP contribution is -2.34. The monoisotopic (exact) mass is 463 g/mol. The minimum atomic E-state index is -0.195. The predicted molar refractivity (Wildman–Crippen MR) is 136 cm³/mol. The molecule has 0 fully saturated rings. The summed E-state index contributed by atoms with van der Waals surface area (Å²) in [4.78, 5) is 29.5. The van der Waals surface area contributed by atoms with E-state index in [2.05, 4.69) is 5.32 Å². The van der Waals surface area contributed by atoms with Gasteiger partial charge >= 0.3 is 0 Å². The average Bonchev–Trinajstić information content (AvgIpc) is 2.82. The van der Waals surface area contributed by atoms with E-state index in [0.717, 1.165) is 16.8 Å².